The second-order valence-electron chi connectivity index (χ2n) is 2.02. The van der Waals surface area contributed by atoms with Crippen molar-refractivity contribution < 1.29 is 17.9 Å². The molecule has 0 atom stereocenters. The molecule has 0 aliphatic rings. The highest BCUT2D eigenvalue weighted by Gasteiger charge is 2.15. The lowest BCUT2D eigenvalue weighted by molar-refractivity contribution is 0.139. The summed E-state index contributed by atoms with van der Waals surface area (Å²) in [6, 6.07) is 2.08. The van der Waals surface area contributed by atoms with Crippen LogP contribution >= 0.6 is 0 Å². The molecular formula is C7H6F3NO. The van der Waals surface area contributed by atoms with E-state index >= 15 is 0 Å². The first-order chi connectivity index (χ1) is 5.65. The van der Waals surface area contributed by atoms with Crippen molar-refractivity contribution >= 4 is 0 Å². The highest BCUT2D eigenvalue weighted by atomic mass is 19.3. The van der Waals surface area contributed by atoms with E-state index in [-0.39, 0.29) is 5.88 Å². The molecule has 0 unspecified atom stereocenters. The predicted octanol–water partition coefficient (Wildman–Crippen LogP) is 2.17. The van der Waals surface area contributed by atoms with Gasteiger partial charge in [-0.2, -0.15) is 0 Å². The lowest BCUT2D eigenvalue weighted by Crippen LogP contribution is -1.97. The number of rotatable bonds is 2. The van der Waals surface area contributed by atoms with Gasteiger partial charge >= 0.3 is 0 Å². The summed E-state index contributed by atoms with van der Waals surface area (Å²) >= 11 is 0. The summed E-state index contributed by atoms with van der Waals surface area (Å²) in [5.41, 5.74) is -0.880. The number of hydrogen-bond donors (Lipinski definition) is 0. The molecular weight excluding hydrogens is 171 g/mol. The van der Waals surface area contributed by atoms with Crippen LogP contribution in [0.1, 0.15) is 12.1 Å². The molecule has 0 aliphatic heterocycles. The summed E-state index contributed by atoms with van der Waals surface area (Å²) < 4.78 is 41.1. The number of alkyl halides is 2. The maximum absolute atomic E-state index is 12.6. The zero-order chi connectivity index (χ0) is 9.14. The molecule has 0 radical (unpaired) electrons. The van der Waals surface area contributed by atoms with Crippen LogP contribution in [-0.4, -0.2) is 12.1 Å². The SMILES string of the molecule is COc1ccc(F)c(C(F)F)n1. The van der Waals surface area contributed by atoms with Gasteiger partial charge in [0.25, 0.3) is 6.43 Å². The fraction of sp³-hybridized carbons (Fsp3) is 0.286. The molecule has 1 aromatic rings. The van der Waals surface area contributed by atoms with Crippen molar-refractivity contribution in [2.75, 3.05) is 7.11 Å². The van der Waals surface area contributed by atoms with Crippen LogP contribution in [0.2, 0.25) is 0 Å². The van der Waals surface area contributed by atoms with Gasteiger partial charge < -0.3 is 4.74 Å². The Labute approximate surface area is 67.0 Å². The van der Waals surface area contributed by atoms with Crippen molar-refractivity contribution in [3.8, 4) is 5.88 Å². The summed E-state index contributed by atoms with van der Waals surface area (Å²) in [6.45, 7) is 0. The van der Waals surface area contributed by atoms with Crippen LogP contribution in [0.15, 0.2) is 12.1 Å². The van der Waals surface area contributed by atoms with Crippen LogP contribution in [0.25, 0.3) is 0 Å². The van der Waals surface area contributed by atoms with Crippen molar-refractivity contribution in [3.63, 3.8) is 0 Å². The third-order valence-electron chi connectivity index (χ3n) is 1.26. The largest absolute Gasteiger partial charge is 0.481 e. The van der Waals surface area contributed by atoms with Crippen LogP contribution in [-0.2, 0) is 0 Å². The smallest absolute Gasteiger partial charge is 0.283 e. The van der Waals surface area contributed by atoms with E-state index in [1.807, 2.05) is 0 Å². The van der Waals surface area contributed by atoms with Gasteiger partial charge in [-0.1, -0.05) is 0 Å². The molecule has 0 saturated carbocycles. The second-order valence-corrected chi connectivity index (χ2v) is 2.02. The Morgan fingerprint density at radius 3 is 2.58 bits per heavy atom. The number of methoxy groups -OCH3 is 1. The summed E-state index contributed by atoms with van der Waals surface area (Å²) in [5.74, 6) is -1.04. The number of pyridine rings is 1. The highest BCUT2D eigenvalue weighted by molar-refractivity contribution is 5.18. The molecule has 0 aliphatic carbocycles. The van der Waals surface area contributed by atoms with Crippen LogP contribution < -0.4 is 4.74 Å². The first-order valence-corrected chi connectivity index (χ1v) is 3.13. The van der Waals surface area contributed by atoms with Crippen molar-refractivity contribution in [1.29, 1.82) is 0 Å². The van der Waals surface area contributed by atoms with E-state index in [4.69, 9.17) is 0 Å². The van der Waals surface area contributed by atoms with E-state index in [9.17, 15) is 13.2 Å². The average molecular weight is 177 g/mol. The third kappa shape index (κ3) is 1.66. The van der Waals surface area contributed by atoms with Gasteiger partial charge in [0, 0.05) is 6.07 Å². The normalized spacial score (nSPS) is 10.4. The number of halogens is 3. The topological polar surface area (TPSA) is 22.1 Å². The zero-order valence-corrected chi connectivity index (χ0v) is 6.22. The summed E-state index contributed by atoms with van der Waals surface area (Å²) in [6.07, 6.45) is -2.92. The average Bonchev–Trinajstić information content (AvgIpc) is 2.05. The predicted molar refractivity (Wildman–Crippen MR) is 35.7 cm³/mol. The lowest BCUT2D eigenvalue weighted by Gasteiger charge is -2.02. The van der Waals surface area contributed by atoms with Crippen molar-refractivity contribution in [2.24, 2.45) is 0 Å². The summed E-state index contributed by atoms with van der Waals surface area (Å²) in [7, 11) is 1.27. The number of aromatic nitrogens is 1. The molecule has 0 fully saturated rings. The van der Waals surface area contributed by atoms with Gasteiger partial charge in [-0.3, -0.25) is 0 Å². The van der Waals surface area contributed by atoms with Crippen LogP contribution in [0.4, 0.5) is 13.2 Å². The highest BCUT2D eigenvalue weighted by Crippen LogP contribution is 2.21. The van der Waals surface area contributed by atoms with Gasteiger partial charge in [0.15, 0.2) is 5.82 Å². The molecule has 66 valence electrons. The number of hydrogen-bond acceptors (Lipinski definition) is 2. The Hall–Kier alpha value is -1.26. The zero-order valence-electron chi connectivity index (χ0n) is 6.22. The fourth-order valence-electron chi connectivity index (χ4n) is 0.706. The van der Waals surface area contributed by atoms with Gasteiger partial charge in [0.2, 0.25) is 5.88 Å². The molecule has 12 heavy (non-hydrogen) atoms. The second kappa shape index (κ2) is 3.42. The molecule has 2 nitrogen and oxygen atoms in total. The van der Waals surface area contributed by atoms with Gasteiger partial charge in [0.05, 0.1) is 7.11 Å². The Morgan fingerprint density at radius 1 is 1.42 bits per heavy atom. The van der Waals surface area contributed by atoms with E-state index in [1.165, 1.54) is 13.2 Å². The lowest BCUT2D eigenvalue weighted by atomic mass is 10.3. The molecule has 0 amide bonds. The molecule has 1 aromatic heterocycles. The molecule has 5 heteroatoms. The van der Waals surface area contributed by atoms with Crippen LogP contribution in [0.3, 0.4) is 0 Å². The standard InChI is InChI=1S/C7H6F3NO/c1-12-5-3-2-4(8)6(11-5)7(9)10/h2-3,7H,1H3. The van der Waals surface area contributed by atoms with Crippen LogP contribution in [0, 0.1) is 5.82 Å². The van der Waals surface area contributed by atoms with Crippen LogP contribution in [0.5, 0.6) is 5.88 Å². The molecule has 0 aromatic carbocycles. The van der Waals surface area contributed by atoms with E-state index in [1.54, 1.807) is 0 Å². The van der Waals surface area contributed by atoms with Crippen molar-refractivity contribution in [1.82, 2.24) is 4.98 Å². The van der Waals surface area contributed by atoms with Gasteiger partial charge in [-0.05, 0) is 6.07 Å². The van der Waals surface area contributed by atoms with E-state index in [2.05, 4.69) is 9.72 Å². The Kier molecular flexibility index (Phi) is 2.52. The minimum atomic E-state index is -2.92. The minimum Gasteiger partial charge on any atom is -0.481 e. The number of nitrogens with zero attached hydrogens (tertiary/aromatic N) is 1. The van der Waals surface area contributed by atoms with E-state index in [0.717, 1.165) is 6.07 Å². The van der Waals surface area contributed by atoms with E-state index in [0.29, 0.717) is 0 Å². The molecule has 0 saturated heterocycles. The van der Waals surface area contributed by atoms with Crippen molar-refractivity contribution in [2.45, 2.75) is 6.43 Å². The number of ether oxygens (including phenoxy) is 1. The molecule has 1 rings (SSSR count). The Bertz CT molecular complexity index is 277. The molecule has 0 N–H and O–H groups in total. The van der Waals surface area contributed by atoms with Gasteiger partial charge in [-0.25, -0.2) is 18.2 Å². The fourth-order valence-corrected chi connectivity index (χ4v) is 0.706. The van der Waals surface area contributed by atoms with Gasteiger partial charge in [0.1, 0.15) is 5.69 Å². The maximum Gasteiger partial charge on any atom is 0.283 e. The first kappa shape index (κ1) is 8.83. The monoisotopic (exact) mass is 177 g/mol. The molecule has 0 spiro atoms. The van der Waals surface area contributed by atoms with E-state index < -0.39 is 17.9 Å². The first-order valence-electron chi connectivity index (χ1n) is 3.13. The quantitative estimate of drug-likeness (QED) is 0.690. The minimum absolute atomic E-state index is 0.0216. The third-order valence-corrected chi connectivity index (χ3v) is 1.26. The maximum atomic E-state index is 12.6. The summed E-state index contributed by atoms with van der Waals surface area (Å²) in [5, 5.41) is 0. The molecule has 0 bridgehead atoms. The Balaban J connectivity index is 3.08. The van der Waals surface area contributed by atoms with Gasteiger partial charge in [-0.15, -0.1) is 0 Å². The Morgan fingerprint density at radius 2 is 2.08 bits per heavy atom. The van der Waals surface area contributed by atoms with Crippen molar-refractivity contribution in [3.05, 3.63) is 23.6 Å². The molecule has 1 heterocycles. The summed E-state index contributed by atoms with van der Waals surface area (Å²) in [4.78, 5) is 3.24.